The topological polar surface area (TPSA) is 57.5 Å². The number of rotatable bonds is 13. The fraction of sp³-hybridized carbons (Fsp3) is 0.611. The van der Waals surface area contributed by atoms with Gasteiger partial charge in [0.05, 0.1) is 6.10 Å². The second-order valence-corrected chi connectivity index (χ2v) is 5.22. The number of unbranched alkanes of at least 4 members (excludes halogenated alkanes) is 5. The maximum Gasteiger partial charge on any atom is 0.303 e. The van der Waals surface area contributed by atoms with E-state index in [2.05, 4.69) is 13.0 Å². The minimum Gasteiger partial charge on any atom is -0.481 e. The largest absolute Gasteiger partial charge is 0.481 e. The van der Waals surface area contributed by atoms with E-state index >= 15 is 0 Å². The summed E-state index contributed by atoms with van der Waals surface area (Å²) in [5, 5.41) is 18.2. The molecule has 0 saturated carbocycles. The molecule has 0 heterocycles. The molecule has 0 fully saturated rings. The highest BCUT2D eigenvalue weighted by atomic mass is 16.4. The first-order chi connectivity index (χ1) is 10.2. The van der Waals surface area contributed by atoms with E-state index in [4.69, 9.17) is 5.11 Å². The predicted molar refractivity (Wildman–Crippen MR) is 88.3 cm³/mol. The number of aliphatic carboxylic acids is 1. The van der Waals surface area contributed by atoms with Gasteiger partial charge in [-0.1, -0.05) is 56.2 Å². The molecule has 0 saturated heterocycles. The molecule has 2 N–H and O–H groups in total. The third-order valence-corrected chi connectivity index (χ3v) is 3.11. The Kier molecular flexibility index (Phi) is 14.1. The van der Waals surface area contributed by atoms with Gasteiger partial charge in [-0.15, -0.1) is 0 Å². The van der Waals surface area contributed by atoms with Crippen LogP contribution < -0.4 is 0 Å². The summed E-state index contributed by atoms with van der Waals surface area (Å²) in [6.07, 6.45) is 19.5. The summed E-state index contributed by atoms with van der Waals surface area (Å²) in [6, 6.07) is 0. The molecular formula is C18H30O3. The Morgan fingerprint density at radius 2 is 1.71 bits per heavy atom. The number of aliphatic hydroxyl groups excluding tert-OH is 1. The Balaban J connectivity index is 3.55. The molecule has 0 aromatic rings. The third-order valence-electron chi connectivity index (χ3n) is 3.11. The lowest BCUT2D eigenvalue weighted by atomic mass is 10.1. The molecule has 0 rings (SSSR count). The highest BCUT2D eigenvalue weighted by molar-refractivity contribution is 5.66. The van der Waals surface area contributed by atoms with Crippen LogP contribution in [0.15, 0.2) is 36.5 Å². The average molecular weight is 294 g/mol. The van der Waals surface area contributed by atoms with Gasteiger partial charge in [-0.2, -0.15) is 0 Å². The molecule has 0 aromatic heterocycles. The summed E-state index contributed by atoms with van der Waals surface area (Å²) >= 11 is 0. The van der Waals surface area contributed by atoms with E-state index in [9.17, 15) is 9.90 Å². The zero-order valence-electron chi connectivity index (χ0n) is 13.2. The van der Waals surface area contributed by atoms with Crippen molar-refractivity contribution < 1.29 is 15.0 Å². The van der Waals surface area contributed by atoms with Crippen LogP contribution >= 0.6 is 0 Å². The molecule has 0 bridgehead atoms. The maximum atomic E-state index is 10.3. The number of carboxylic acids is 1. The van der Waals surface area contributed by atoms with E-state index in [1.54, 1.807) is 6.08 Å². The Bertz CT molecular complexity index is 329. The van der Waals surface area contributed by atoms with Crippen molar-refractivity contribution in [3.8, 4) is 0 Å². The zero-order chi connectivity index (χ0) is 15.8. The van der Waals surface area contributed by atoms with Crippen molar-refractivity contribution in [3.05, 3.63) is 36.5 Å². The van der Waals surface area contributed by atoms with E-state index in [-0.39, 0.29) is 6.42 Å². The minimum atomic E-state index is -0.734. The van der Waals surface area contributed by atoms with Crippen LogP contribution in [0.4, 0.5) is 0 Å². The molecule has 0 aliphatic carbocycles. The number of aliphatic hydroxyl groups is 1. The van der Waals surface area contributed by atoms with Crippen LogP contribution in [0.1, 0.15) is 64.7 Å². The van der Waals surface area contributed by atoms with Gasteiger partial charge < -0.3 is 10.2 Å². The van der Waals surface area contributed by atoms with Crippen LogP contribution in [0, 0.1) is 0 Å². The first-order valence-electron chi connectivity index (χ1n) is 8.05. The van der Waals surface area contributed by atoms with Gasteiger partial charge in [-0.3, -0.25) is 4.79 Å². The van der Waals surface area contributed by atoms with Crippen molar-refractivity contribution in [2.24, 2.45) is 0 Å². The number of hydrogen-bond acceptors (Lipinski definition) is 2. The SMILES string of the molecule is CCCCC/C=C\C=C\[C@@H](O)C/C=C\CCCCC(=O)O. The van der Waals surface area contributed by atoms with Gasteiger partial charge in [0.1, 0.15) is 0 Å². The number of carbonyl (C=O) groups is 1. The van der Waals surface area contributed by atoms with Crippen molar-refractivity contribution in [1.29, 1.82) is 0 Å². The van der Waals surface area contributed by atoms with Crippen LogP contribution in [0.2, 0.25) is 0 Å². The molecule has 120 valence electrons. The van der Waals surface area contributed by atoms with Crippen LogP contribution in [0.25, 0.3) is 0 Å². The first-order valence-corrected chi connectivity index (χ1v) is 8.05. The zero-order valence-corrected chi connectivity index (χ0v) is 13.2. The van der Waals surface area contributed by atoms with E-state index in [0.717, 1.165) is 19.3 Å². The highest BCUT2D eigenvalue weighted by Crippen LogP contribution is 2.03. The van der Waals surface area contributed by atoms with Gasteiger partial charge in [-0.25, -0.2) is 0 Å². The molecule has 0 unspecified atom stereocenters. The van der Waals surface area contributed by atoms with Gasteiger partial charge in [0.15, 0.2) is 0 Å². The molecule has 21 heavy (non-hydrogen) atoms. The van der Waals surface area contributed by atoms with Gasteiger partial charge in [0.2, 0.25) is 0 Å². The predicted octanol–water partition coefficient (Wildman–Crippen LogP) is 4.63. The molecule has 0 aliphatic rings. The van der Waals surface area contributed by atoms with E-state index in [1.165, 1.54) is 19.3 Å². The summed E-state index contributed by atoms with van der Waals surface area (Å²) < 4.78 is 0. The summed E-state index contributed by atoms with van der Waals surface area (Å²) in [4.78, 5) is 10.3. The molecule has 0 amide bonds. The second-order valence-electron chi connectivity index (χ2n) is 5.22. The molecule has 3 nitrogen and oxygen atoms in total. The van der Waals surface area contributed by atoms with E-state index in [0.29, 0.717) is 12.8 Å². The van der Waals surface area contributed by atoms with Crippen molar-refractivity contribution >= 4 is 5.97 Å². The Hall–Kier alpha value is -1.35. The quantitative estimate of drug-likeness (QED) is 0.296. The molecule has 0 spiro atoms. The average Bonchev–Trinajstić information content (AvgIpc) is 2.45. The van der Waals surface area contributed by atoms with Crippen molar-refractivity contribution in [3.63, 3.8) is 0 Å². The van der Waals surface area contributed by atoms with Gasteiger partial charge in [0, 0.05) is 6.42 Å². The fourth-order valence-corrected chi connectivity index (χ4v) is 1.85. The van der Waals surface area contributed by atoms with Gasteiger partial charge >= 0.3 is 5.97 Å². The first kappa shape index (κ1) is 19.7. The maximum absolute atomic E-state index is 10.3. The van der Waals surface area contributed by atoms with Gasteiger partial charge in [0.25, 0.3) is 0 Å². The lowest BCUT2D eigenvalue weighted by Gasteiger charge is -1.99. The van der Waals surface area contributed by atoms with Crippen LogP contribution in [-0.2, 0) is 4.79 Å². The number of allylic oxidation sites excluding steroid dienone is 4. The lowest BCUT2D eigenvalue weighted by molar-refractivity contribution is -0.137. The van der Waals surface area contributed by atoms with Gasteiger partial charge in [-0.05, 0) is 38.5 Å². The Labute approximate surface area is 129 Å². The fourth-order valence-electron chi connectivity index (χ4n) is 1.85. The van der Waals surface area contributed by atoms with Crippen LogP contribution in [0.5, 0.6) is 0 Å². The molecule has 0 aromatic carbocycles. The number of carboxylic acid groups (broad SMARTS) is 1. The molecular weight excluding hydrogens is 264 g/mol. The summed E-state index contributed by atoms with van der Waals surface area (Å²) in [5.41, 5.74) is 0. The van der Waals surface area contributed by atoms with Crippen molar-refractivity contribution in [2.45, 2.75) is 70.8 Å². The molecule has 0 radical (unpaired) electrons. The monoisotopic (exact) mass is 294 g/mol. The van der Waals surface area contributed by atoms with Crippen LogP contribution in [-0.4, -0.2) is 22.3 Å². The summed E-state index contributed by atoms with van der Waals surface area (Å²) in [5.74, 6) is -0.734. The summed E-state index contributed by atoms with van der Waals surface area (Å²) in [7, 11) is 0. The van der Waals surface area contributed by atoms with E-state index < -0.39 is 12.1 Å². The molecule has 0 aliphatic heterocycles. The van der Waals surface area contributed by atoms with Crippen LogP contribution in [0.3, 0.4) is 0 Å². The molecule has 3 heteroatoms. The highest BCUT2D eigenvalue weighted by Gasteiger charge is 1.95. The Morgan fingerprint density at radius 1 is 1.00 bits per heavy atom. The normalized spacial score (nSPS) is 13.6. The number of hydrogen-bond donors (Lipinski definition) is 2. The third kappa shape index (κ3) is 16.6. The van der Waals surface area contributed by atoms with Crippen molar-refractivity contribution in [1.82, 2.24) is 0 Å². The lowest BCUT2D eigenvalue weighted by Crippen LogP contribution is -1.98. The van der Waals surface area contributed by atoms with Crippen molar-refractivity contribution in [2.75, 3.05) is 0 Å². The summed E-state index contributed by atoms with van der Waals surface area (Å²) in [6.45, 7) is 2.19. The standard InChI is InChI=1S/C18H30O3/c1-2-3-4-5-6-8-11-14-17(19)15-12-9-7-10-13-16-18(20)21/h6,8-9,11-12,14,17,19H,2-5,7,10,13,15-16H2,1H3,(H,20,21)/b8-6-,12-9-,14-11+/t17-/m1/s1. The van der Waals surface area contributed by atoms with E-state index in [1.807, 2.05) is 24.3 Å². The minimum absolute atomic E-state index is 0.240. The smallest absolute Gasteiger partial charge is 0.303 e. The Morgan fingerprint density at radius 3 is 2.43 bits per heavy atom. The molecule has 1 atom stereocenters. The second kappa shape index (κ2) is 15.0.